The third-order valence-corrected chi connectivity index (χ3v) is 3.64. The summed E-state index contributed by atoms with van der Waals surface area (Å²) in [6, 6.07) is 1.82. The molecule has 1 aromatic rings. The van der Waals surface area contributed by atoms with Gasteiger partial charge < -0.3 is 5.32 Å². The second-order valence-corrected chi connectivity index (χ2v) is 5.61. The molecule has 0 saturated heterocycles. The third kappa shape index (κ3) is 3.32. The van der Waals surface area contributed by atoms with E-state index in [4.69, 9.17) is 11.6 Å². The van der Waals surface area contributed by atoms with Crippen LogP contribution >= 0.6 is 11.6 Å². The molecule has 0 unspecified atom stereocenters. The molecule has 4 heteroatoms. The van der Waals surface area contributed by atoms with Gasteiger partial charge in [-0.05, 0) is 31.6 Å². The van der Waals surface area contributed by atoms with Crippen molar-refractivity contribution in [3.05, 3.63) is 17.0 Å². The Bertz CT molecular complexity index is 400. The first kappa shape index (κ1) is 11.3. The average molecular weight is 252 g/mol. The molecule has 2 fully saturated rings. The molecule has 1 heterocycles. The first-order chi connectivity index (χ1) is 8.31. The third-order valence-electron chi connectivity index (χ3n) is 3.45. The van der Waals surface area contributed by atoms with Gasteiger partial charge in [0.15, 0.2) is 0 Å². The van der Waals surface area contributed by atoms with Gasteiger partial charge in [-0.2, -0.15) is 0 Å². The fourth-order valence-corrected chi connectivity index (χ4v) is 2.25. The van der Waals surface area contributed by atoms with E-state index < -0.39 is 0 Å². The zero-order valence-corrected chi connectivity index (χ0v) is 10.7. The van der Waals surface area contributed by atoms with Crippen molar-refractivity contribution >= 4 is 17.4 Å². The molecule has 92 valence electrons. The van der Waals surface area contributed by atoms with Crippen LogP contribution < -0.4 is 5.32 Å². The topological polar surface area (TPSA) is 37.8 Å². The Balaban J connectivity index is 1.53. The lowest BCUT2D eigenvalue weighted by atomic mass is 10.2. The Morgan fingerprint density at radius 3 is 2.76 bits per heavy atom. The van der Waals surface area contributed by atoms with Gasteiger partial charge in [-0.1, -0.05) is 24.4 Å². The van der Waals surface area contributed by atoms with Crippen molar-refractivity contribution in [2.75, 3.05) is 11.9 Å². The summed E-state index contributed by atoms with van der Waals surface area (Å²) in [4.78, 5) is 8.80. The maximum Gasteiger partial charge on any atom is 0.135 e. The number of nitrogens with zero attached hydrogens (tertiary/aromatic N) is 2. The summed E-state index contributed by atoms with van der Waals surface area (Å²) >= 11 is 6.00. The van der Waals surface area contributed by atoms with Gasteiger partial charge in [-0.3, -0.25) is 0 Å². The van der Waals surface area contributed by atoms with Crippen LogP contribution in [0.4, 0.5) is 5.82 Å². The molecule has 17 heavy (non-hydrogen) atoms. The van der Waals surface area contributed by atoms with Gasteiger partial charge >= 0.3 is 0 Å². The molecule has 2 saturated carbocycles. The van der Waals surface area contributed by atoms with E-state index in [1.165, 1.54) is 38.5 Å². The molecule has 0 radical (unpaired) electrons. The maximum atomic E-state index is 6.00. The van der Waals surface area contributed by atoms with E-state index in [1.807, 2.05) is 6.07 Å². The molecule has 2 aliphatic carbocycles. The molecule has 3 nitrogen and oxygen atoms in total. The van der Waals surface area contributed by atoms with Gasteiger partial charge in [0.1, 0.15) is 16.8 Å². The molecule has 2 aliphatic rings. The molecule has 0 bridgehead atoms. The number of hydrogen-bond donors (Lipinski definition) is 1. The van der Waals surface area contributed by atoms with Crippen LogP contribution in [0.1, 0.15) is 50.3 Å². The Morgan fingerprint density at radius 2 is 2.06 bits per heavy atom. The molecule has 3 rings (SSSR count). The predicted molar refractivity (Wildman–Crippen MR) is 69.5 cm³/mol. The van der Waals surface area contributed by atoms with E-state index in [-0.39, 0.29) is 0 Å². The number of halogens is 1. The Labute approximate surface area is 107 Å². The standard InChI is InChI=1S/C13H18ClN3/c14-11-8-12(15-7-1-2-9-3-4-9)17-13(16-11)10-5-6-10/h8-10H,1-7H2,(H,15,16,17). The largest absolute Gasteiger partial charge is 0.370 e. The van der Waals surface area contributed by atoms with Gasteiger partial charge in [0, 0.05) is 18.5 Å². The van der Waals surface area contributed by atoms with Crippen molar-refractivity contribution in [3.8, 4) is 0 Å². The van der Waals surface area contributed by atoms with Crippen molar-refractivity contribution in [3.63, 3.8) is 0 Å². The molecule has 0 atom stereocenters. The van der Waals surface area contributed by atoms with Crippen molar-refractivity contribution < 1.29 is 0 Å². The van der Waals surface area contributed by atoms with Crippen LogP contribution in [-0.2, 0) is 0 Å². The lowest BCUT2D eigenvalue weighted by Crippen LogP contribution is -2.06. The highest BCUT2D eigenvalue weighted by atomic mass is 35.5. The molecule has 0 aliphatic heterocycles. The van der Waals surface area contributed by atoms with Gasteiger partial charge in [0.05, 0.1) is 0 Å². The monoisotopic (exact) mass is 251 g/mol. The molecular weight excluding hydrogens is 234 g/mol. The van der Waals surface area contributed by atoms with Gasteiger partial charge in [0.2, 0.25) is 0 Å². The molecule has 0 spiro atoms. The van der Waals surface area contributed by atoms with Crippen LogP contribution in [0.25, 0.3) is 0 Å². The van der Waals surface area contributed by atoms with Gasteiger partial charge in [-0.25, -0.2) is 9.97 Å². The van der Waals surface area contributed by atoms with E-state index in [1.54, 1.807) is 0 Å². The van der Waals surface area contributed by atoms with Crippen molar-refractivity contribution in [1.82, 2.24) is 9.97 Å². The van der Waals surface area contributed by atoms with Crippen LogP contribution in [0.2, 0.25) is 5.15 Å². The van der Waals surface area contributed by atoms with Gasteiger partial charge in [-0.15, -0.1) is 0 Å². The smallest absolute Gasteiger partial charge is 0.135 e. The Kier molecular flexibility index (Phi) is 3.19. The van der Waals surface area contributed by atoms with Crippen LogP contribution in [-0.4, -0.2) is 16.5 Å². The van der Waals surface area contributed by atoms with E-state index in [9.17, 15) is 0 Å². The average Bonchev–Trinajstić information content (AvgIpc) is 3.16. The maximum absolute atomic E-state index is 6.00. The number of aromatic nitrogens is 2. The minimum atomic E-state index is 0.556. The summed E-state index contributed by atoms with van der Waals surface area (Å²) in [7, 11) is 0. The lowest BCUT2D eigenvalue weighted by Gasteiger charge is -2.07. The van der Waals surface area contributed by atoms with E-state index in [2.05, 4.69) is 15.3 Å². The van der Waals surface area contributed by atoms with Crippen molar-refractivity contribution in [1.29, 1.82) is 0 Å². The zero-order valence-electron chi connectivity index (χ0n) is 9.95. The van der Waals surface area contributed by atoms with Crippen molar-refractivity contribution in [2.45, 2.75) is 44.4 Å². The minimum absolute atomic E-state index is 0.556. The molecular formula is C13H18ClN3. The molecule has 1 aromatic heterocycles. The quantitative estimate of drug-likeness (QED) is 0.620. The Hall–Kier alpha value is -0.830. The van der Waals surface area contributed by atoms with E-state index in [0.29, 0.717) is 11.1 Å². The first-order valence-electron chi connectivity index (χ1n) is 6.59. The van der Waals surface area contributed by atoms with E-state index >= 15 is 0 Å². The fraction of sp³-hybridized carbons (Fsp3) is 0.692. The molecule has 0 aromatic carbocycles. The second kappa shape index (κ2) is 4.81. The summed E-state index contributed by atoms with van der Waals surface area (Å²) in [5.41, 5.74) is 0. The normalized spacial score (nSPS) is 19.4. The van der Waals surface area contributed by atoms with Crippen LogP contribution in [0, 0.1) is 5.92 Å². The van der Waals surface area contributed by atoms with Crippen LogP contribution in [0.15, 0.2) is 6.07 Å². The lowest BCUT2D eigenvalue weighted by molar-refractivity contribution is 0.686. The Morgan fingerprint density at radius 1 is 1.24 bits per heavy atom. The van der Waals surface area contributed by atoms with Gasteiger partial charge in [0.25, 0.3) is 0 Å². The number of rotatable bonds is 6. The second-order valence-electron chi connectivity index (χ2n) is 5.22. The summed E-state index contributed by atoms with van der Waals surface area (Å²) in [6.45, 7) is 0.994. The van der Waals surface area contributed by atoms with Crippen LogP contribution in [0.5, 0.6) is 0 Å². The highest BCUT2D eigenvalue weighted by Gasteiger charge is 2.27. The molecule has 1 N–H and O–H groups in total. The highest BCUT2D eigenvalue weighted by Crippen LogP contribution is 2.38. The SMILES string of the molecule is Clc1cc(NCCCC2CC2)nc(C2CC2)n1. The summed E-state index contributed by atoms with van der Waals surface area (Å²) in [6.07, 6.45) is 7.87. The highest BCUT2D eigenvalue weighted by molar-refractivity contribution is 6.29. The summed E-state index contributed by atoms with van der Waals surface area (Å²) in [5, 5.41) is 3.92. The number of anilines is 1. The van der Waals surface area contributed by atoms with Crippen LogP contribution in [0.3, 0.4) is 0 Å². The molecule has 0 amide bonds. The van der Waals surface area contributed by atoms with Crippen molar-refractivity contribution in [2.24, 2.45) is 5.92 Å². The first-order valence-corrected chi connectivity index (χ1v) is 6.97. The predicted octanol–water partition coefficient (Wildman–Crippen LogP) is 3.61. The summed E-state index contributed by atoms with van der Waals surface area (Å²) < 4.78 is 0. The number of hydrogen-bond acceptors (Lipinski definition) is 3. The fourth-order valence-electron chi connectivity index (χ4n) is 2.06. The minimum Gasteiger partial charge on any atom is -0.370 e. The summed E-state index contributed by atoms with van der Waals surface area (Å²) in [5.74, 6) is 3.37. The van der Waals surface area contributed by atoms with E-state index in [0.717, 1.165) is 24.1 Å². The zero-order chi connectivity index (χ0) is 11.7. The number of nitrogens with one attached hydrogen (secondary N) is 1.